The Labute approximate surface area is 576 Å². The minimum atomic E-state index is -0.721. The summed E-state index contributed by atoms with van der Waals surface area (Å²) in [6, 6.07) is 7.35. The molecular formula is C63H79N23O15. The van der Waals surface area contributed by atoms with Crippen LogP contribution in [0, 0.1) is 0 Å². The van der Waals surface area contributed by atoms with Gasteiger partial charge >= 0.3 is 0 Å². The maximum Gasteiger partial charge on any atom is 0.292 e. The maximum atomic E-state index is 13.5. The standard InChI is InChI=1S/C63H79N23O15/c1-36(87)68-37-22-43(80(4)27-37)57(92)70-39-25-44(82(6)29-39)58(93)71-40-26-46(83(7)30-40)60(95)76-47-32-84(8)53(73-47)61(96)66-14-11-12-51(89)69-38-23-45(81(5)28-38)59(94)77-48-33-86(10)55(74-48)63(98)78-49-34-85(9)54(75-49)62(97)72-41-24-42(79(3)31-41)56(91)67-15-13-50(88)65-16-17-99-18-19-100-20-21-101-35-52(90)64-2/h22-34H,11-21,35H2,1-10H3,(H,64,90)(H,65,88)(H,66,96)(H,67,91)(H,68,87)(H,69,89)(H,70,92)(H,71,93)(H,72,97)(H,76,95)(H,77,94)(H,78,98). The Kier molecular flexibility index (Phi) is 25.1. The second-order valence-corrected chi connectivity index (χ2v) is 22.9. The van der Waals surface area contributed by atoms with Gasteiger partial charge in [0.05, 0.1) is 61.5 Å². The highest BCUT2D eigenvalue weighted by molar-refractivity contribution is 6.10. The highest BCUT2D eigenvalue weighted by Crippen LogP contribution is 2.23. The van der Waals surface area contributed by atoms with Gasteiger partial charge in [-0.3, -0.25) is 57.5 Å². The molecule has 0 saturated carbocycles. The van der Waals surface area contributed by atoms with Crippen LogP contribution in [-0.2, 0) is 89.8 Å². The van der Waals surface area contributed by atoms with E-state index in [2.05, 4.69) is 78.8 Å². The lowest BCUT2D eigenvalue weighted by Gasteiger charge is -2.08. The molecule has 38 heteroatoms. The summed E-state index contributed by atoms with van der Waals surface area (Å²) in [5.41, 5.74) is 2.59. The second-order valence-electron chi connectivity index (χ2n) is 22.9. The lowest BCUT2D eigenvalue weighted by Crippen LogP contribution is -2.33. The Morgan fingerprint density at radius 3 is 1.14 bits per heavy atom. The van der Waals surface area contributed by atoms with E-state index in [0.29, 0.717) is 42.6 Å². The minimum absolute atomic E-state index is 0.00260. The van der Waals surface area contributed by atoms with E-state index in [0.717, 1.165) is 0 Å². The molecule has 12 amide bonds. The molecule has 0 aliphatic carbocycles. The first-order valence-electron chi connectivity index (χ1n) is 31.3. The van der Waals surface area contributed by atoms with Gasteiger partial charge < -0.3 is 115 Å². The van der Waals surface area contributed by atoms with Crippen molar-refractivity contribution in [2.24, 2.45) is 56.4 Å². The number of amides is 12. The zero-order chi connectivity index (χ0) is 73.2. The molecule has 8 aromatic heterocycles. The van der Waals surface area contributed by atoms with Crippen LogP contribution in [0.25, 0.3) is 0 Å². The van der Waals surface area contributed by atoms with Crippen molar-refractivity contribution in [1.82, 2.24) is 72.8 Å². The van der Waals surface area contributed by atoms with Gasteiger partial charge in [-0.05, 0) is 36.8 Å². The Morgan fingerprint density at radius 2 is 0.693 bits per heavy atom. The van der Waals surface area contributed by atoms with Crippen molar-refractivity contribution in [2.45, 2.75) is 26.2 Å². The summed E-state index contributed by atoms with van der Waals surface area (Å²) in [6.45, 7) is 3.10. The summed E-state index contributed by atoms with van der Waals surface area (Å²) in [5.74, 6) is -6.04. The second kappa shape index (κ2) is 34.2. The number of carbonyl (C=O) groups is 12. The topological polar surface area (TPSA) is 455 Å². The minimum Gasteiger partial charge on any atom is -0.377 e. The largest absolute Gasteiger partial charge is 0.377 e. The highest BCUT2D eigenvalue weighted by Gasteiger charge is 2.25. The summed E-state index contributed by atoms with van der Waals surface area (Å²) in [6.07, 6.45) is 12.2. The zero-order valence-corrected chi connectivity index (χ0v) is 57.0. The van der Waals surface area contributed by atoms with Gasteiger partial charge in [-0.15, -0.1) is 0 Å². The molecule has 0 saturated heterocycles. The number of nitrogens with one attached hydrogen (secondary N) is 12. The van der Waals surface area contributed by atoms with Crippen LogP contribution in [0.5, 0.6) is 0 Å². The number of ether oxygens (including phenoxy) is 3. The van der Waals surface area contributed by atoms with Crippen LogP contribution in [0.4, 0.5) is 45.9 Å². The summed E-state index contributed by atoms with van der Waals surface area (Å²) >= 11 is 0. The molecule has 0 aliphatic heterocycles. The molecule has 0 aromatic carbocycles. The zero-order valence-electron chi connectivity index (χ0n) is 57.0. The number of aryl methyl sites for hydroxylation is 8. The average molecular weight is 1400 g/mol. The van der Waals surface area contributed by atoms with Crippen molar-refractivity contribution in [3.05, 3.63) is 126 Å². The van der Waals surface area contributed by atoms with Crippen LogP contribution in [0.1, 0.15) is 110 Å². The van der Waals surface area contributed by atoms with E-state index in [1.807, 2.05) is 0 Å². The molecule has 0 aliphatic rings. The van der Waals surface area contributed by atoms with E-state index in [1.165, 1.54) is 128 Å². The number of imidazole rings is 3. The van der Waals surface area contributed by atoms with Crippen LogP contribution in [0.3, 0.4) is 0 Å². The first-order chi connectivity index (χ1) is 48.1. The van der Waals surface area contributed by atoms with E-state index < -0.39 is 53.2 Å². The fourth-order valence-electron chi connectivity index (χ4n) is 9.98. The molecule has 101 heavy (non-hydrogen) atoms. The van der Waals surface area contributed by atoms with E-state index in [9.17, 15) is 57.5 Å². The smallest absolute Gasteiger partial charge is 0.292 e. The van der Waals surface area contributed by atoms with Gasteiger partial charge in [0.1, 0.15) is 35.1 Å². The molecule has 12 N–H and O–H groups in total. The normalized spacial score (nSPS) is 11.0. The Morgan fingerprint density at radius 1 is 0.337 bits per heavy atom. The lowest BCUT2D eigenvalue weighted by molar-refractivity contribution is -0.125. The van der Waals surface area contributed by atoms with Crippen LogP contribution in [-0.4, -0.2) is 189 Å². The van der Waals surface area contributed by atoms with Gasteiger partial charge in [0.2, 0.25) is 41.1 Å². The molecule has 536 valence electrons. The molecule has 38 nitrogen and oxygen atoms in total. The Bertz CT molecular complexity index is 4430. The fourth-order valence-corrected chi connectivity index (χ4v) is 9.98. The molecule has 8 aromatic rings. The third kappa shape index (κ3) is 20.6. The molecule has 0 bridgehead atoms. The number of nitrogens with zero attached hydrogens (tertiary/aromatic N) is 11. The predicted molar refractivity (Wildman–Crippen MR) is 365 cm³/mol. The van der Waals surface area contributed by atoms with Crippen molar-refractivity contribution in [3.63, 3.8) is 0 Å². The molecule has 0 spiro atoms. The van der Waals surface area contributed by atoms with Crippen LogP contribution in [0.2, 0.25) is 0 Å². The number of aromatic nitrogens is 11. The molecule has 8 heterocycles. The van der Waals surface area contributed by atoms with E-state index in [-0.39, 0.29) is 146 Å². The fraction of sp³-hybridized carbons (Fsp3) is 0.349. The summed E-state index contributed by atoms with van der Waals surface area (Å²) < 4.78 is 27.6. The Hall–Kier alpha value is -12.5. The maximum absolute atomic E-state index is 13.5. The SMILES string of the molecule is CNC(=O)COCCOCCOCCNC(=O)CCNC(=O)c1cc(NC(=O)c2nc(NC(=O)c3nc(NC(=O)c4cc(NC(=O)CCCNC(=O)c5nc(NC(=O)c6cc(NC(=O)c7cc(NC(=O)c8cc(NC(C)=O)cn8C)cn7C)cn6C)cn5C)cn4C)cn3C)cn2C)cn1C. The third-order valence-corrected chi connectivity index (χ3v) is 14.9. The van der Waals surface area contributed by atoms with Crippen LogP contribution >= 0.6 is 0 Å². The molecule has 0 unspecified atom stereocenters. The van der Waals surface area contributed by atoms with Gasteiger partial charge in [-0.2, -0.15) is 0 Å². The van der Waals surface area contributed by atoms with E-state index in [1.54, 1.807) is 59.2 Å². The number of carbonyl (C=O) groups excluding carboxylic acids is 12. The van der Waals surface area contributed by atoms with Crippen molar-refractivity contribution in [2.75, 3.05) is 109 Å². The van der Waals surface area contributed by atoms with Crippen LogP contribution < -0.4 is 63.8 Å². The van der Waals surface area contributed by atoms with Crippen molar-refractivity contribution in [3.8, 4) is 0 Å². The predicted octanol–water partition coefficient (Wildman–Crippen LogP) is 1.23. The van der Waals surface area contributed by atoms with Gasteiger partial charge in [-0.25, -0.2) is 15.0 Å². The molecular weight excluding hydrogens is 1320 g/mol. The quantitative estimate of drug-likeness (QED) is 0.0252. The molecule has 0 atom stereocenters. The monoisotopic (exact) mass is 1400 g/mol. The summed E-state index contributed by atoms with van der Waals surface area (Å²) in [4.78, 5) is 167. The summed E-state index contributed by atoms with van der Waals surface area (Å²) in [5, 5.41) is 32.0. The molecule has 0 fully saturated rings. The Balaban J connectivity index is 0.719. The van der Waals surface area contributed by atoms with Gasteiger partial charge in [-0.1, -0.05) is 0 Å². The number of hydrogen-bond acceptors (Lipinski definition) is 18. The first-order valence-corrected chi connectivity index (χ1v) is 31.3. The first kappa shape index (κ1) is 74.3. The van der Waals surface area contributed by atoms with Crippen LogP contribution in [0.15, 0.2) is 79.9 Å². The number of anilines is 8. The molecule has 8 rings (SSSR count). The van der Waals surface area contributed by atoms with Crippen molar-refractivity contribution in [1.29, 1.82) is 0 Å². The third-order valence-electron chi connectivity index (χ3n) is 14.9. The molecule has 0 radical (unpaired) electrons. The van der Waals surface area contributed by atoms with Crippen molar-refractivity contribution < 1.29 is 71.7 Å². The van der Waals surface area contributed by atoms with Gasteiger partial charge in [0.25, 0.3) is 47.3 Å². The van der Waals surface area contributed by atoms with Crippen molar-refractivity contribution >= 4 is 117 Å². The van der Waals surface area contributed by atoms with E-state index >= 15 is 0 Å². The van der Waals surface area contributed by atoms with Gasteiger partial charge in [0, 0.05) is 152 Å². The number of likely N-dealkylation sites (N-methyl/N-ethyl adjacent to an activating group) is 1. The summed E-state index contributed by atoms with van der Waals surface area (Å²) in [7, 11) is 14.2. The van der Waals surface area contributed by atoms with E-state index in [4.69, 9.17) is 14.2 Å². The average Bonchev–Trinajstić information content (AvgIpc) is 1.69. The van der Waals surface area contributed by atoms with Gasteiger partial charge in [0.15, 0.2) is 17.5 Å². The number of hydrogen-bond donors (Lipinski definition) is 12. The number of rotatable bonds is 34. The highest BCUT2D eigenvalue weighted by atomic mass is 16.5. The lowest BCUT2D eigenvalue weighted by atomic mass is 10.3.